The van der Waals surface area contributed by atoms with E-state index in [4.69, 9.17) is 0 Å². The zero-order chi connectivity index (χ0) is 10.2. The Kier molecular flexibility index (Phi) is 4.21. The Labute approximate surface area is 84.0 Å². The summed E-state index contributed by atoms with van der Waals surface area (Å²) in [6.45, 7) is 1.90. The third-order valence-electron chi connectivity index (χ3n) is 1.59. The van der Waals surface area contributed by atoms with Crippen LogP contribution in [0.3, 0.4) is 0 Å². The molecule has 14 heavy (non-hydrogen) atoms. The van der Waals surface area contributed by atoms with Gasteiger partial charge >= 0.3 is 0 Å². The average Bonchev–Trinajstić information content (AvgIpc) is 2.20. The number of anilines is 1. The first-order chi connectivity index (χ1) is 6.83. The fourth-order valence-electron chi connectivity index (χ4n) is 0.959. The number of benzene rings is 1. The monoisotopic (exact) mass is 187 g/mol. The Morgan fingerprint density at radius 1 is 1.21 bits per heavy atom. The maximum absolute atomic E-state index is 11.3. The van der Waals surface area contributed by atoms with Crippen LogP contribution < -0.4 is 5.32 Å². The number of carbonyl (C=O) groups excluding carboxylic acids is 1. The maximum atomic E-state index is 11.3. The molecule has 0 bridgehead atoms. The smallest absolute Gasteiger partial charge is 0.248 e. The quantitative estimate of drug-likeness (QED) is 0.572. The molecule has 0 fully saturated rings. The van der Waals surface area contributed by atoms with Gasteiger partial charge in [-0.1, -0.05) is 36.4 Å². The second-order valence-electron chi connectivity index (χ2n) is 2.74. The molecule has 0 unspecified atom stereocenters. The van der Waals surface area contributed by atoms with E-state index >= 15 is 0 Å². The number of nitrogens with one attached hydrogen (secondary N) is 1. The first-order valence-corrected chi connectivity index (χ1v) is 4.48. The Morgan fingerprint density at radius 3 is 2.57 bits per heavy atom. The van der Waals surface area contributed by atoms with Crippen LogP contribution in [-0.2, 0) is 4.79 Å². The lowest BCUT2D eigenvalue weighted by atomic mass is 10.3. The molecular formula is C12H13NO. The van der Waals surface area contributed by atoms with E-state index in [9.17, 15) is 4.79 Å². The molecule has 0 aliphatic heterocycles. The van der Waals surface area contributed by atoms with E-state index in [1.54, 1.807) is 6.08 Å². The Bertz CT molecular complexity index is 339. The van der Waals surface area contributed by atoms with Crippen LogP contribution in [-0.4, -0.2) is 5.91 Å². The first kappa shape index (κ1) is 10.3. The van der Waals surface area contributed by atoms with Crippen molar-refractivity contribution in [2.75, 3.05) is 5.32 Å². The van der Waals surface area contributed by atoms with Crippen LogP contribution in [0.25, 0.3) is 0 Å². The van der Waals surface area contributed by atoms with Crippen LogP contribution >= 0.6 is 0 Å². The van der Waals surface area contributed by atoms with Gasteiger partial charge in [0.25, 0.3) is 0 Å². The zero-order valence-corrected chi connectivity index (χ0v) is 8.10. The van der Waals surface area contributed by atoms with E-state index in [2.05, 4.69) is 5.32 Å². The van der Waals surface area contributed by atoms with Crippen molar-refractivity contribution >= 4 is 11.6 Å². The fraction of sp³-hybridized carbons (Fsp3) is 0.0833. The fourth-order valence-corrected chi connectivity index (χ4v) is 0.959. The molecule has 1 N–H and O–H groups in total. The number of hydrogen-bond acceptors (Lipinski definition) is 1. The molecular weight excluding hydrogens is 174 g/mol. The minimum Gasteiger partial charge on any atom is -0.323 e. The van der Waals surface area contributed by atoms with E-state index in [1.165, 1.54) is 6.08 Å². The van der Waals surface area contributed by atoms with Crippen LogP contribution in [0.15, 0.2) is 54.6 Å². The summed E-state index contributed by atoms with van der Waals surface area (Å²) in [6.07, 6.45) is 6.88. The maximum Gasteiger partial charge on any atom is 0.248 e. The second kappa shape index (κ2) is 5.75. The standard InChI is InChI=1S/C12H13NO/c1-2-3-5-10-12(14)13-11-8-6-4-7-9-11/h2-10H,1H3,(H,13,14). The lowest BCUT2D eigenvalue weighted by molar-refractivity contribution is -0.111. The lowest BCUT2D eigenvalue weighted by Gasteiger charge is -1.99. The third kappa shape index (κ3) is 3.72. The lowest BCUT2D eigenvalue weighted by Crippen LogP contribution is -2.07. The van der Waals surface area contributed by atoms with Crippen molar-refractivity contribution in [1.29, 1.82) is 0 Å². The number of allylic oxidation sites excluding steroid dienone is 3. The molecule has 72 valence electrons. The highest BCUT2D eigenvalue weighted by molar-refractivity contribution is 5.99. The largest absolute Gasteiger partial charge is 0.323 e. The minimum absolute atomic E-state index is 0.116. The van der Waals surface area contributed by atoms with Crippen molar-refractivity contribution in [3.63, 3.8) is 0 Å². The molecule has 0 aromatic heterocycles. The van der Waals surface area contributed by atoms with Crippen molar-refractivity contribution in [3.05, 3.63) is 54.6 Å². The molecule has 0 atom stereocenters. The summed E-state index contributed by atoms with van der Waals surface area (Å²) in [4.78, 5) is 11.3. The first-order valence-electron chi connectivity index (χ1n) is 4.48. The molecule has 0 spiro atoms. The van der Waals surface area contributed by atoms with Gasteiger partial charge in [0.2, 0.25) is 5.91 Å². The number of para-hydroxylation sites is 1. The molecule has 2 nitrogen and oxygen atoms in total. The van der Waals surface area contributed by atoms with Crippen molar-refractivity contribution in [2.24, 2.45) is 0 Å². The van der Waals surface area contributed by atoms with Crippen molar-refractivity contribution in [3.8, 4) is 0 Å². The van der Waals surface area contributed by atoms with Gasteiger partial charge in [-0.05, 0) is 19.1 Å². The zero-order valence-electron chi connectivity index (χ0n) is 8.10. The summed E-state index contributed by atoms with van der Waals surface area (Å²) in [5.74, 6) is -0.116. The van der Waals surface area contributed by atoms with Gasteiger partial charge in [0, 0.05) is 11.8 Å². The van der Waals surface area contributed by atoms with Gasteiger partial charge in [-0.15, -0.1) is 0 Å². The van der Waals surface area contributed by atoms with E-state index in [1.807, 2.05) is 49.4 Å². The van der Waals surface area contributed by atoms with E-state index in [-0.39, 0.29) is 5.91 Å². The van der Waals surface area contributed by atoms with E-state index < -0.39 is 0 Å². The molecule has 1 aromatic carbocycles. The van der Waals surface area contributed by atoms with Gasteiger partial charge in [0.1, 0.15) is 0 Å². The van der Waals surface area contributed by atoms with Crippen LogP contribution in [0.4, 0.5) is 5.69 Å². The van der Waals surface area contributed by atoms with Gasteiger partial charge in [0.05, 0.1) is 0 Å². The van der Waals surface area contributed by atoms with Crippen LogP contribution in [0.1, 0.15) is 6.92 Å². The highest BCUT2D eigenvalue weighted by Crippen LogP contribution is 2.04. The summed E-state index contributed by atoms with van der Waals surface area (Å²) in [5, 5.41) is 2.74. The summed E-state index contributed by atoms with van der Waals surface area (Å²) in [6, 6.07) is 9.37. The summed E-state index contributed by atoms with van der Waals surface area (Å²) in [5.41, 5.74) is 0.808. The summed E-state index contributed by atoms with van der Waals surface area (Å²) in [7, 11) is 0. The van der Waals surface area contributed by atoms with Crippen LogP contribution in [0.5, 0.6) is 0 Å². The minimum atomic E-state index is -0.116. The summed E-state index contributed by atoms with van der Waals surface area (Å²) >= 11 is 0. The molecule has 2 heteroatoms. The van der Waals surface area contributed by atoms with Gasteiger partial charge in [-0.3, -0.25) is 4.79 Å². The molecule has 0 saturated carbocycles. The summed E-state index contributed by atoms with van der Waals surface area (Å²) < 4.78 is 0. The second-order valence-corrected chi connectivity index (χ2v) is 2.74. The molecule has 1 aromatic rings. The highest BCUT2D eigenvalue weighted by Gasteiger charge is 1.94. The number of carbonyl (C=O) groups is 1. The van der Waals surface area contributed by atoms with E-state index in [0.717, 1.165) is 5.69 Å². The topological polar surface area (TPSA) is 29.1 Å². The van der Waals surface area contributed by atoms with Gasteiger partial charge in [0.15, 0.2) is 0 Å². The Balaban J connectivity index is 2.50. The highest BCUT2D eigenvalue weighted by atomic mass is 16.1. The van der Waals surface area contributed by atoms with E-state index in [0.29, 0.717) is 0 Å². The number of rotatable bonds is 3. The Morgan fingerprint density at radius 2 is 1.93 bits per heavy atom. The van der Waals surface area contributed by atoms with Gasteiger partial charge in [-0.2, -0.15) is 0 Å². The predicted octanol–water partition coefficient (Wildman–Crippen LogP) is 2.76. The van der Waals surface area contributed by atoms with Crippen LogP contribution in [0, 0.1) is 0 Å². The number of amides is 1. The predicted molar refractivity (Wildman–Crippen MR) is 59.0 cm³/mol. The number of hydrogen-bond donors (Lipinski definition) is 1. The molecule has 0 aliphatic carbocycles. The molecule has 1 amide bonds. The normalized spacial score (nSPS) is 10.9. The average molecular weight is 187 g/mol. The van der Waals surface area contributed by atoms with Crippen molar-refractivity contribution in [2.45, 2.75) is 6.92 Å². The molecule has 0 aliphatic rings. The molecule has 1 rings (SSSR count). The third-order valence-corrected chi connectivity index (χ3v) is 1.59. The van der Waals surface area contributed by atoms with Crippen LogP contribution in [0.2, 0.25) is 0 Å². The van der Waals surface area contributed by atoms with Crippen molar-refractivity contribution in [1.82, 2.24) is 0 Å². The Hall–Kier alpha value is -1.83. The molecule has 0 saturated heterocycles. The van der Waals surface area contributed by atoms with Gasteiger partial charge < -0.3 is 5.32 Å². The molecule has 0 heterocycles. The van der Waals surface area contributed by atoms with Gasteiger partial charge in [-0.25, -0.2) is 0 Å². The SMILES string of the molecule is CC=CC=CC(=O)Nc1ccccc1. The molecule has 0 radical (unpaired) electrons. The van der Waals surface area contributed by atoms with Crippen molar-refractivity contribution < 1.29 is 4.79 Å².